The minimum atomic E-state index is -0.428. The third-order valence-electron chi connectivity index (χ3n) is 3.66. The summed E-state index contributed by atoms with van der Waals surface area (Å²) in [5.74, 6) is 0.582. The highest BCUT2D eigenvalue weighted by atomic mass is 16.5. The maximum absolute atomic E-state index is 11.9. The molecular weight excluding hydrogens is 256 g/mol. The molecule has 0 bridgehead atoms. The van der Waals surface area contributed by atoms with Gasteiger partial charge in [-0.25, -0.2) is 0 Å². The average molecular weight is 286 g/mol. The Balaban J connectivity index is 2.32. The highest BCUT2D eigenvalue weighted by molar-refractivity contribution is 5.81. The van der Waals surface area contributed by atoms with Crippen molar-refractivity contribution in [3.8, 4) is 0 Å². The van der Waals surface area contributed by atoms with Crippen LogP contribution < -0.4 is 5.32 Å². The fraction of sp³-hybridized carbons (Fsp3) is 0.933. The third-order valence-corrected chi connectivity index (χ3v) is 3.66. The van der Waals surface area contributed by atoms with Gasteiger partial charge < -0.3 is 20.1 Å². The van der Waals surface area contributed by atoms with Crippen LogP contribution in [-0.2, 0) is 9.53 Å². The van der Waals surface area contributed by atoms with Gasteiger partial charge in [0.15, 0.2) is 0 Å². The van der Waals surface area contributed by atoms with E-state index in [0.29, 0.717) is 19.1 Å². The van der Waals surface area contributed by atoms with Crippen LogP contribution >= 0.6 is 0 Å². The molecule has 2 unspecified atom stereocenters. The van der Waals surface area contributed by atoms with Crippen LogP contribution in [-0.4, -0.2) is 61.9 Å². The molecule has 1 heterocycles. The first kappa shape index (κ1) is 17.4. The van der Waals surface area contributed by atoms with Crippen LogP contribution in [0.3, 0.4) is 0 Å². The maximum atomic E-state index is 11.9. The van der Waals surface area contributed by atoms with Crippen LogP contribution in [0, 0.1) is 11.3 Å². The molecule has 5 nitrogen and oxygen atoms in total. The molecule has 0 spiro atoms. The summed E-state index contributed by atoms with van der Waals surface area (Å²) in [4.78, 5) is 14.1. The number of aliphatic hydroxyl groups is 1. The summed E-state index contributed by atoms with van der Waals surface area (Å²) in [6.45, 7) is 9.49. The smallest absolute Gasteiger partial charge is 0.225 e. The number of methoxy groups -OCH3 is 1. The lowest BCUT2D eigenvalue weighted by Gasteiger charge is -2.34. The van der Waals surface area contributed by atoms with Gasteiger partial charge in [-0.15, -0.1) is 0 Å². The van der Waals surface area contributed by atoms with E-state index in [2.05, 4.69) is 10.2 Å². The number of amides is 1. The molecule has 0 aromatic rings. The zero-order valence-corrected chi connectivity index (χ0v) is 13.3. The zero-order chi connectivity index (χ0) is 15.2. The minimum absolute atomic E-state index is 0.106. The lowest BCUT2D eigenvalue weighted by molar-refractivity contribution is -0.128. The normalized spacial score (nSPS) is 22.6. The SMILES string of the molecule is COCC(O)CN1CCCC(CNC(=O)C(C)(C)C)C1. The molecule has 0 aliphatic carbocycles. The Hall–Kier alpha value is -0.650. The van der Waals surface area contributed by atoms with Gasteiger partial charge in [0.25, 0.3) is 0 Å². The van der Waals surface area contributed by atoms with Crippen LogP contribution in [0.1, 0.15) is 33.6 Å². The molecule has 1 fully saturated rings. The molecule has 1 aliphatic rings. The standard InChI is InChI=1S/C15H30N2O3/c1-15(2,3)14(19)16-8-12-6-5-7-17(9-12)10-13(18)11-20-4/h12-13,18H,5-11H2,1-4H3,(H,16,19). The van der Waals surface area contributed by atoms with E-state index in [1.54, 1.807) is 7.11 Å². The van der Waals surface area contributed by atoms with E-state index >= 15 is 0 Å². The van der Waals surface area contributed by atoms with E-state index in [1.165, 1.54) is 0 Å². The molecule has 1 aliphatic heterocycles. The van der Waals surface area contributed by atoms with E-state index in [4.69, 9.17) is 4.74 Å². The van der Waals surface area contributed by atoms with E-state index < -0.39 is 6.10 Å². The van der Waals surface area contributed by atoms with Gasteiger partial charge >= 0.3 is 0 Å². The number of likely N-dealkylation sites (tertiary alicyclic amines) is 1. The fourth-order valence-corrected chi connectivity index (χ4v) is 2.53. The number of piperidine rings is 1. The van der Waals surface area contributed by atoms with Crippen LogP contribution in [0.25, 0.3) is 0 Å². The van der Waals surface area contributed by atoms with Crippen LogP contribution in [0.5, 0.6) is 0 Å². The van der Waals surface area contributed by atoms with E-state index in [-0.39, 0.29) is 11.3 Å². The quantitative estimate of drug-likeness (QED) is 0.760. The number of carbonyl (C=O) groups excluding carboxylic acids is 1. The second-order valence-electron chi connectivity index (χ2n) is 6.84. The van der Waals surface area contributed by atoms with Gasteiger partial charge in [0, 0.05) is 32.2 Å². The monoisotopic (exact) mass is 286 g/mol. The zero-order valence-electron chi connectivity index (χ0n) is 13.3. The van der Waals surface area contributed by atoms with Gasteiger partial charge in [-0.3, -0.25) is 4.79 Å². The lowest BCUT2D eigenvalue weighted by atomic mass is 9.94. The molecule has 0 radical (unpaired) electrons. The Kier molecular flexibility index (Phi) is 6.92. The number of aliphatic hydroxyl groups excluding tert-OH is 1. The highest BCUT2D eigenvalue weighted by Crippen LogP contribution is 2.17. The van der Waals surface area contributed by atoms with Crippen LogP contribution in [0.4, 0.5) is 0 Å². The molecule has 1 rings (SSSR count). The van der Waals surface area contributed by atoms with Crippen LogP contribution in [0.15, 0.2) is 0 Å². The predicted molar refractivity (Wildman–Crippen MR) is 79.5 cm³/mol. The van der Waals surface area contributed by atoms with Gasteiger partial charge in [0.05, 0.1) is 12.7 Å². The number of ether oxygens (including phenoxy) is 1. The number of hydrogen-bond acceptors (Lipinski definition) is 4. The lowest BCUT2D eigenvalue weighted by Crippen LogP contribution is -2.45. The van der Waals surface area contributed by atoms with Gasteiger partial charge in [-0.1, -0.05) is 20.8 Å². The van der Waals surface area contributed by atoms with Gasteiger partial charge in [-0.2, -0.15) is 0 Å². The van der Waals surface area contributed by atoms with Crippen molar-refractivity contribution in [2.45, 2.75) is 39.7 Å². The van der Waals surface area contributed by atoms with Crippen molar-refractivity contribution in [1.82, 2.24) is 10.2 Å². The van der Waals surface area contributed by atoms with Gasteiger partial charge in [0.1, 0.15) is 0 Å². The molecule has 0 aromatic carbocycles. The molecule has 20 heavy (non-hydrogen) atoms. The number of β-amino-alcohol motifs (C(OH)–C–C–N with tert-alkyl or cyclic N) is 1. The summed E-state index contributed by atoms with van der Waals surface area (Å²) in [6.07, 6.45) is 1.83. The summed E-state index contributed by atoms with van der Waals surface area (Å²) < 4.78 is 4.95. The summed E-state index contributed by atoms with van der Waals surface area (Å²) in [6, 6.07) is 0. The Morgan fingerprint density at radius 3 is 2.80 bits per heavy atom. The molecule has 1 saturated heterocycles. The Labute approximate surface area is 122 Å². The number of nitrogens with zero attached hydrogens (tertiary/aromatic N) is 1. The van der Waals surface area contributed by atoms with Crippen molar-refractivity contribution in [2.24, 2.45) is 11.3 Å². The number of rotatable bonds is 6. The van der Waals surface area contributed by atoms with Crippen molar-refractivity contribution in [2.75, 3.05) is 39.9 Å². The maximum Gasteiger partial charge on any atom is 0.225 e. The first-order valence-electron chi connectivity index (χ1n) is 7.50. The molecule has 2 N–H and O–H groups in total. The van der Waals surface area contributed by atoms with Crippen molar-refractivity contribution in [1.29, 1.82) is 0 Å². The summed E-state index contributed by atoms with van der Waals surface area (Å²) in [5.41, 5.74) is -0.330. The molecule has 1 amide bonds. The molecule has 0 aromatic heterocycles. The Morgan fingerprint density at radius 2 is 2.20 bits per heavy atom. The Morgan fingerprint density at radius 1 is 1.50 bits per heavy atom. The summed E-state index contributed by atoms with van der Waals surface area (Å²) >= 11 is 0. The largest absolute Gasteiger partial charge is 0.389 e. The molecule has 2 atom stereocenters. The minimum Gasteiger partial charge on any atom is -0.389 e. The second-order valence-corrected chi connectivity index (χ2v) is 6.84. The molecule has 118 valence electrons. The molecular formula is C15H30N2O3. The molecule has 5 heteroatoms. The van der Waals surface area contributed by atoms with Gasteiger partial charge in [0.2, 0.25) is 5.91 Å². The van der Waals surface area contributed by atoms with Crippen molar-refractivity contribution in [3.63, 3.8) is 0 Å². The van der Waals surface area contributed by atoms with Gasteiger partial charge in [-0.05, 0) is 25.3 Å². The first-order chi connectivity index (χ1) is 9.32. The second kappa shape index (κ2) is 7.96. The fourth-order valence-electron chi connectivity index (χ4n) is 2.53. The summed E-state index contributed by atoms with van der Waals surface area (Å²) in [7, 11) is 1.60. The van der Waals surface area contributed by atoms with E-state index in [1.807, 2.05) is 20.8 Å². The van der Waals surface area contributed by atoms with Crippen molar-refractivity contribution < 1.29 is 14.6 Å². The Bertz CT molecular complexity index is 302. The topological polar surface area (TPSA) is 61.8 Å². The number of carbonyl (C=O) groups is 1. The van der Waals surface area contributed by atoms with E-state index in [0.717, 1.165) is 32.5 Å². The van der Waals surface area contributed by atoms with Crippen molar-refractivity contribution in [3.05, 3.63) is 0 Å². The number of hydrogen-bond donors (Lipinski definition) is 2. The van der Waals surface area contributed by atoms with E-state index in [9.17, 15) is 9.90 Å². The predicted octanol–water partition coefficient (Wildman–Crippen LogP) is 0.868. The number of nitrogens with one attached hydrogen (secondary N) is 1. The first-order valence-corrected chi connectivity index (χ1v) is 7.50. The third kappa shape index (κ3) is 6.20. The average Bonchev–Trinajstić information content (AvgIpc) is 2.35. The summed E-state index contributed by atoms with van der Waals surface area (Å²) in [5, 5.41) is 12.8. The van der Waals surface area contributed by atoms with Crippen molar-refractivity contribution >= 4 is 5.91 Å². The molecule has 0 saturated carbocycles. The highest BCUT2D eigenvalue weighted by Gasteiger charge is 2.25. The van der Waals surface area contributed by atoms with Crippen LogP contribution in [0.2, 0.25) is 0 Å².